The lowest BCUT2D eigenvalue weighted by molar-refractivity contribution is -0.136. The molecule has 0 spiro atoms. The smallest absolute Gasteiger partial charge is 0.389 e. The minimum Gasteiger partial charge on any atom is -0.493 e. The zero-order valence-corrected chi connectivity index (χ0v) is 10.9. The van der Waals surface area contributed by atoms with E-state index in [2.05, 4.69) is 5.32 Å². The van der Waals surface area contributed by atoms with E-state index in [0.717, 1.165) is 0 Å². The topological polar surface area (TPSA) is 21.3 Å². The van der Waals surface area contributed by atoms with Gasteiger partial charge in [-0.2, -0.15) is 13.2 Å². The average molecular weight is 279 g/mol. The summed E-state index contributed by atoms with van der Waals surface area (Å²) in [5.41, 5.74) is 0.592. The lowest BCUT2D eigenvalue weighted by Gasteiger charge is -2.17. The van der Waals surface area contributed by atoms with Crippen molar-refractivity contribution in [3.8, 4) is 5.75 Å². The molecular weight excluding hydrogens is 262 g/mol. The molecule has 1 unspecified atom stereocenters. The molecule has 0 fully saturated rings. The summed E-state index contributed by atoms with van der Waals surface area (Å²) in [4.78, 5) is 0. The Morgan fingerprint density at radius 2 is 2.00 bits per heavy atom. The van der Waals surface area contributed by atoms with Gasteiger partial charge in [0, 0.05) is 18.0 Å². The maximum Gasteiger partial charge on any atom is 0.389 e. The van der Waals surface area contributed by atoms with Crippen molar-refractivity contribution in [1.29, 1.82) is 0 Å². The molecule has 2 nitrogen and oxygen atoms in total. The number of rotatable bonds is 6. The van der Waals surface area contributed by atoms with E-state index in [0.29, 0.717) is 11.3 Å². The maximum absolute atomic E-state index is 13.2. The number of halogens is 4. The fourth-order valence-corrected chi connectivity index (χ4v) is 1.60. The molecule has 19 heavy (non-hydrogen) atoms. The zero-order chi connectivity index (χ0) is 14.5. The Kier molecular flexibility index (Phi) is 5.60. The summed E-state index contributed by atoms with van der Waals surface area (Å²) in [5, 5.41) is 2.94. The van der Waals surface area contributed by atoms with Gasteiger partial charge in [0.2, 0.25) is 0 Å². The molecule has 0 amide bonds. The van der Waals surface area contributed by atoms with Crippen molar-refractivity contribution >= 4 is 0 Å². The SMILES string of the molecule is CNC(C)c1cc(F)ccc1OCCCC(F)(F)F. The van der Waals surface area contributed by atoms with Crippen molar-refractivity contribution in [2.45, 2.75) is 32.0 Å². The number of alkyl halides is 3. The number of benzene rings is 1. The van der Waals surface area contributed by atoms with Crippen LogP contribution in [0, 0.1) is 5.82 Å². The quantitative estimate of drug-likeness (QED) is 0.631. The second-order valence-corrected chi connectivity index (χ2v) is 4.26. The Morgan fingerprint density at radius 1 is 1.32 bits per heavy atom. The number of hydrogen-bond acceptors (Lipinski definition) is 2. The molecule has 1 N–H and O–H groups in total. The Balaban J connectivity index is 2.62. The lowest BCUT2D eigenvalue weighted by atomic mass is 10.1. The minimum atomic E-state index is -4.17. The Morgan fingerprint density at radius 3 is 2.58 bits per heavy atom. The number of nitrogens with one attached hydrogen (secondary N) is 1. The predicted molar refractivity (Wildman–Crippen MR) is 64.7 cm³/mol. The van der Waals surface area contributed by atoms with Crippen LogP contribution in [0.15, 0.2) is 18.2 Å². The fraction of sp³-hybridized carbons (Fsp3) is 0.538. The summed E-state index contributed by atoms with van der Waals surface area (Å²) in [6.45, 7) is 1.77. The molecule has 1 aromatic rings. The van der Waals surface area contributed by atoms with Gasteiger partial charge in [0.05, 0.1) is 6.61 Å². The van der Waals surface area contributed by atoms with E-state index in [1.165, 1.54) is 18.2 Å². The monoisotopic (exact) mass is 279 g/mol. The number of hydrogen-bond donors (Lipinski definition) is 1. The van der Waals surface area contributed by atoms with E-state index in [9.17, 15) is 17.6 Å². The summed E-state index contributed by atoms with van der Waals surface area (Å²) < 4.78 is 54.4. The van der Waals surface area contributed by atoms with Crippen LogP contribution in [-0.4, -0.2) is 19.8 Å². The molecule has 6 heteroatoms. The highest BCUT2D eigenvalue weighted by molar-refractivity contribution is 5.36. The second kappa shape index (κ2) is 6.75. The van der Waals surface area contributed by atoms with Crippen LogP contribution in [0.5, 0.6) is 5.75 Å². The summed E-state index contributed by atoms with van der Waals surface area (Å²) >= 11 is 0. The molecule has 0 saturated heterocycles. The van der Waals surface area contributed by atoms with E-state index >= 15 is 0 Å². The van der Waals surface area contributed by atoms with Crippen molar-refractivity contribution in [2.75, 3.05) is 13.7 Å². The molecule has 0 aromatic heterocycles. The first-order chi connectivity index (χ1) is 8.83. The summed E-state index contributed by atoms with van der Waals surface area (Å²) in [6, 6.07) is 3.84. The van der Waals surface area contributed by atoms with Crippen LogP contribution in [0.1, 0.15) is 31.4 Å². The summed E-state index contributed by atoms with van der Waals surface area (Å²) in [6.07, 6.45) is -5.17. The minimum absolute atomic E-state index is 0.0470. The van der Waals surface area contributed by atoms with E-state index in [-0.39, 0.29) is 19.1 Å². The van der Waals surface area contributed by atoms with E-state index < -0.39 is 18.4 Å². The Bertz CT molecular complexity index is 406. The lowest BCUT2D eigenvalue weighted by Crippen LogP contribution is -2.15. The van der Waals surface area contributed by atoms with Gasteiger partial charge >= 0.3 is 6.18 Å². The van der Waals surface area contributed by atoms with Gasteiger partial charge in [-0.05, 0) is 38.6 Å². The molecule has 0 aliphatic heterocycles. The summed E-state index contributed by atoms with van der Waals surface area (Å²) in [5.74, 6) is 0.00478. The summed E-state index contributed by atoms with van der Waals surface area (Å²) in [7, 11) is 1.71. The molecule has 0 aliphatic rings. The zero-order valence-electron chi connectivity index (χ0n) is 10.9. The molecule has 0 radical (unpaired) electrons. The van der Waals surface area contributed by atoms with E-state index in [1.54, 1.807) is 7.05 Å². The first-order valence-corrected chi connectivity index (χ1v) is 6.00. The molecule has 1 aromatic carbocycles. The van der Waals surface area contributed by atoms with Crippen LogP contribution in [0.3, 0.4) is 0 Å². The van der Waals surface area contributed by atoms with Gasteiger partial charge in [-0.25, -0.2) is 4.39 Å². The van der Waals surface area contributed by atoms with Crippen molar-refractivity contribution in [2.24, 2.45) is 0 Å². The third kappa shape index (κ3) is 5.46. The van der Waals surface area contributed by atoms with Gasteiger partial charge in [0.15, 0.2) is 0 Å². The van der Waals surface area contributed by atoms with Gasteiger partial charge in [-0.1, -0.05) is 0 Å². The van der Waals surface area contributed by atoms with Crippen LogP contribution in [-0.2, 0) is 0 Å². The normalized spacial score (nSPS) is 13.4. The molecule has 0 aliphatic carbocycles. The fourth-order valence-electron chi connectivity index (χ4n) is 1.60. The Labute approximate surface area is 109 Å². The van der Waals surface area contributed by atoms with E-state index in [1.807, 2.05) is 6.92 Å². The van der Waals surface area contributed by atoms with Gasteiger partial charge in [0.1, 0.15) is 11.6 Å². The predicted octanol–water partition coefficient (Wildman–Crippen LogP) is 3.83. The second-order valence-electron chi connectivity index (χ2n) is 4.26. The average Bonchev–Trinajstić information content (AvgIpc) is 2.33. The van der Waals surface area contributed by atoms with Gasteiger partial charge in [-0.3, -0.25) is 0 Å². The van der Waals surface area contributed by atoms with Crippen LogP contribution in [0.2, 0.25) is 0 Å². The molecule has 1 rings (SSSR count). The van der Waals surface area contributed by atoms with Crippen LogP contribution >= 0.6 is 0 Å². The standard InChI is InChI=1S/C13H17F4NO/c1-9(18-2)11-8-10(14)4-5-12(11)19-7-3-6-13(15,16)17/h4-5,8-9,18H,3,6-7H2,1-2H3. The molecule has 108 valence electrons. The van der Waals surface area contributed by atoms with Crippen LogP contribution in [0.4, 0.5) is 17.6 Å². The highest BCUT2D eigenvalue weighted by Crippen LogP contribution is 2.27. The molecule has 0 heterocycles. The first kappa shape index (κ1) is 15.8. The molecule has 1 atom stereocenters. The van der Waals surface area contributed by atoms with Crippen molar-refractivity contribution in [3.63, 3.8) is 0 Å². The van der Waals surface area contributed by atoms with Gasteiger partial charge in [0.25, 0.3) is 0 Å². The van der Waals surface area contributed by atoms with Crippen molar-refractivity contribution < 1.29 is 22.3 Å². The van der Waals surface area contributed by atoms with Gasteiger partial charge < -0.3 is 10.1 Å². The van der Waals surface area contributed by atoms with Crippen LogP contribution in [0.25, 0.3) is 0 Å². The largest absolute Gasteiger partial charge is 0.493 e. The molecular formula is C13H17F4NO. The first-order valence-electron chi connectivity index (χ1n) is 6.00. The van der Waals surface area contributed by atoms with E-state index in [4.69, 9.17) is 4.74 Å². The third-order valence-corrected chi connectivity index (χ3v) is 2.73. The molecule has 0 saturated carbocycles. The highest BCUT2D eigenvalue weighted by Gasteiger charge is 2.26. The van der Waals surface area contributed by atoms with Crippen molar-refractivity contribution in [3.05, 3.63) is 29.6 Å². The van der Waals surface area contributed by atoms with Gasteiger partial charge in [-0.15, -0.1) is 0 Å². The van der Waals surface area contributed by atoms with Crippen LogP contribution < -0.4 is 10.1 Å². The number of ether oxygens (including phenoxy) is 1. The highest BCUT2D eigenvalue weighted by atomic mass is 19.4. The molecule has 0 bridgehead atoms. The van der Waals surface area contributed by atoms with Crippen molar-refractivity contribution in [1.82, 2.24) is 5.32 Å². The Hall–Kier alpha value is -1.30. The maximum atomic E-state index is 13.2. The third-order valence-electron chi connectivity index (χ3n) is 2.73.